The molecule has 0 saturated carbocycles. The van der Waals surface area contributed by atoms with Gasteiger partial charge in [-0.05, 0) is 27.0 Å². The van der Waals surface area contributed by atoms with Gasteiger partial charge in [-0.1, -0.05) is 6.07 Å². The topological polar surface area (TPSA) is 50.4 Å². The van der Waals surface area contributed by atoms with Crippen molar-refractivity contribution in [2.45, 2.75) is 26.3 Å². The number of hydrogen-bond donors (Lipinski definition) is 2. The van der Waals surface area contributed by atoms with Gasteiger partial charge in [0.05, 0.1) is 13.0 Å². The molecule has 5 heteroatoms. The molecular formula is C14H21FN2O2. The van der Waals surface area contributed by atoms with Crippen molar-refractivity contribution < 1.29 is 13.9 Å². The number of benzene rings is 1. The van der Waals surface area contributed by atoms with Crippen LogP contribution in [0.2, 0.25) is 0 Å². The molecule has 0 saturated heterocycles. The summed E-state index contributed by atoms with van der Waals surface area (Å²) in [7, 11) is 1.78. The highest BCUT2D eigenvalue weighted by Gasteiger charge is 2.10. The van der Waals surface area contributed by atoms with E-state index in [9.17, 15) is 9.18 Å². The Morgan fingerprint density at radius 2 is 2.21 bits per heavy atom. The number of carbonyl (C=O) groups is 1. The van der Waals surface area contributed by atoms with Gasteiger partial charge in [-0.15, -0.1) is 0 Å². The highest BCUT2D eigenvalue weighted by Crippen LogP contribution is 2.21. The largest absolute Gasteiger partial charge is 0.493 e. The van der Waals surface area contributed by atoms with Gasteiger partial charge >= 0.3 is 0 Å². The molecule has 0 aromatic heterocycles. The number of rotatable bonds is 7. The summed E-state index contributed by atoms with van der Waals surface area (Å²) in [4.78, 5) is 11.2. The van der Waals surface area contributed by atoms with E-state index in [4.69, 9.17) is 4.74 Å². The first-order chi connectivity index (χ1) is 9.08. The highest BCUT2D eigenvalue weighted by atomic mass is 19.1. The van der Waals surface area contributed by atoms with Crippen molar-refractivity contribution in [3.63, 3.8) is 0 Å². The normalized spacial score (nSPS) is 12.0. The van der Waals surface area contributed by atoms with Crippen LogP contribution >= 0.6 is 0 Å². The van der Waals surface area contributed by atoms with Crippen LogP contribution in [-0.2, 0) is 4.79 Å². The van der Waals surface area contributed by atoms with Crippen LogP contribution in [0.5, 0.6) is 5.75 Å². The molecule has 4 nitrogen and oxygen atoms in total. The Labute approximate surface area is 113 Å². The first-order valence-corrected chi connectivity index (χ1v) is 6.44. The molecule has 0 spiro atoms. The number of amides is 1. The third kappa shape index (κ3) is 4.87. The Kier molecular flexibility index (Phi) is 6.29. The van der Waals surface area contributed by atoms with Crippen molar-refractivity contribution in [2.24, 2.45) is 0 Å². The zero-order chi connectivity index (χ0) is 14.3. The maximum Gasteiger partial charge on any atom is 0.223 e. The fourth-order valence-electron chi connectivity index (χ4n) is 1.65. The molecule has 2 N–H and O–H groups in total. The molecule has 0 aliphatic heterocycles. The average molecular weight is 268 g/mol. The summed E-state index contributed by atoms with van der Waals surface area (Å²) in [6.07, 6.45) is 0.268. The Morgan fingerprint density at radius 1 is 1.47 bits per heavy atom. The van der Waals surface area contributed by atoms with Gasteiger partial charge in [-0.2, -0.15) is 0 Å². The fraction of sp³-hybridized carbons (Fsp3) is 0.500. The first kappa shape index (κ1) is 15.4. The van der Waals surface area contributed by atoms with Crippen LogP contribution in [0.25, 0.3) is 0 Å². The van der Waals surface area contributed by atoms with E-state index in [1.54, 1.807) is 19.2 Å². The zero-order valence-corrected chi connectivity index (χ0v) is 11.6. The quantitative estimate of drug-likeness (QED) is 0.795. The summed E-state index contributed by atoms with van der Waals surface area (Å²) in [5.74, 6) is 0.0645. The van der Waals surface area contributed by atoms with E-state index in [0.717, 1.165) is 0 Å². The van der Waals surface area contributed by atoms with E-state index in [0.29, 0.717) is 17.9 Å². The molecule has 1 unspecified atom stereocenters. The van der Waals surface area contributed by atoms with Crippen LogP contribution in [0, 0.1) is 5.82 Å². The van der Waals surface area contributed by atoms with Gasteiger partial charge in [-0.3, -0.25) is 4.79 Å². The van der Waals surface area contributed by atoms with Gasteiger partial charge in [0.25, 0.3) is 0 Å². The van der Waals surface area contributed by atoms with Crippen molar-refractivity contribution >= 4 is 5.91 Å². The van der Waals surface area contributed by atoms with Gasteiger partial charge in [-0.25, -0.2) is 4.39 Å². The summed E-state index contributed by atoms with van der Waals surface area (Å²) in [5.41, 5.74) is 0.596. The van der Waals surface area contributed by atoms with Crippen LogP contribution < -0.4 is 15.4 Å². The molecule has 0 heterocycles. The molecule has 0 radical (unpaired) electrons. The Balaban J connectivity index is 2.52. The highest BCUT2D eigenvalue weighted by molar-refractivity contribution is 5.75. The Morgan fingerprint density at radius 3 is 2.79 bits per heavy atom. The van der Waals surface area contributed by atoms with Crippen LogP contribution in [0.3, 0.4) is 0 Å². The smallest absolute Gasteiger partial charge is 0.223 e. The number of hydrogen-bond acceptors (Lipinski definition) is 3. The van der Waals surface area contributed by atoms with Crippen LogP contribution in [0.4, 0.5) is 4.39 Å². The Hall–Kier alpha value is -1.62. The lowest BCUT2D eigenvalue weighted by atomic mass is 10.1. The summed E-state index contributed by atoms with van der Waals surface area (Å²) in [6, 6.07) is 4.70. The minimum Gasteiger partial charge on any atom is -0.493 e. The summed E-state index contributed by atoms with van der Waals surface area (Å²) in [5, 5.41) is 5.65. The van der Waals surface area contributed by atoms with Gasteiger partial charge in [0.1, 0.15) is 11.6 Å². The minimum absolute atomic E-state index is 0.0515. The first-order valence-electron chi connectivity index (χ1n) is 6.44. The molecule has 0 fully saturated rings. The van der Waals surface area contributed by atoms with E-state index in [1.807, 2.05) is 13.8 Å². The second kappa shape index (κ2) is 7.74. The second-order valence-corrected chi connectivity index (χ2v) is 4.25. The third-order valence-electron chi connectivity index (χ3n) is 2.84. The van der Waals surface area contributed by atoms with Gasteiger partial charge < -0.3 is 15.4 Å². The molecular weight excluding hydrogens is 247 g/mol. The summed E-state index contributed by atoms with van der Waals surface area (Å²) < 4.78 is 19.1. The second-order valence-electron chi connectivity index (χ2n) is 4.25. The molecule has 0 bridgehead atoms. The van der Waals surface area contributed by atoms with E-state index < -0.39 is 0 Å². The standard InChI is InChI=1S/C14H21FN2O2/c1-4-17-14(18)7-8-19-11-5-6-12(10(2)16-3)13(15)9-11/h5-6,9-10,16H,4,7-8H2,1-3H3,(H,17,18). The monoisotopic (exact) mass is 268 g/mol. The number of halogens is 1. The molecule has 19 heavy (non-hydrogen) atoms. The van der Waals surface area contributed by atoms with Crippen LogP contribution in [-0.4, -0.2) is 26.1 Å². The summed E-state index contributed by atoms with van der Waals surface area (Å²) in [6.45, 7) is 4.58. The lowest BCUT2D eigenvalue weighted by Crippen LogP contribution is -2.24. The van der Waals surface area contributed by atoms with Crippen LogP contribution in [0.15, 0.2) is 18.2 Å². The van der Waals surface area contributed by atoms with E-state index >= 15 is 0 Å². The van der Waals surface area contributed by atoms with E-state index in [2.05, 4.69) is 10.6 Å². The average Bonchev–Trinajstić information content (AvgIpc) is 2.38. The van der Waals surface area contributed by atoms with E-state index in [1.165, 1.54) is 6.07 Å². The van der Waals surface area contributed by atoms with Crippen molar-refractivity contribution in [3.05, 3.63) is 29.6 Å². The van der Waals surface area contributed by atoms with Crippen molar-refractivity contribution in [2.75, 3.05) is 20.2 Å². The lowest BCUT2D eigenvalue weighted by Gasteiger charge is -2.13. The van der Waals surface area contributed by atoms with Crippen molar-refractivity contribution in [1.29, 1.82) is 0 Å². The lowest BCUT2D eigenvalue weighted by molar-refractivity contribution is -0.121. The fourth-order valence-corrected chi connectivity index (χ4v) is 1.65. The minimum atomic E-state index is -0.308. The molecule has 1 aromatic carbocycles. The van der Waals surface area contributed by atoms with Gasteiger partial charge in [0, 0.05) is 24.2 Å². The van der Waals surface area contributed by atoms with Crippen molar-refractivity contribution in [1.82, 2.24) is 10.6 Å². The SMILES string of the molecule is CCNC(=O)CCOc1ccc(C(C)NC)c(F)c1. The number of carbonyl (C=O) groups excluding carboxylic acids is 1. The third-order valence-corrected chi connectivity index (χ3v) is 2.84. The predicted molar refractivity (Wildman–Crippen MR) is 72.7 cm³/mol. The molecule has 106 valence electrons. The molecule has 1 aromatic rings. The summed E-state index contributed by atoms with van der Waals surface area (Å²) >= 11 is 0. The zero-order valence-electron chi connectivity index (χ0n) is 11.6. The van der Waals surface area contributed by atoms with E-state index in [-0.39, 0.29) is 30.8 Å². The predicted octanol–water partition coefficient (Wildman–Crippen LogP) is 2.01. The molecule has 0 aliphatic rings. The van der Waals surface area contributed by atoms with Crippen molar-refractivity contribution in [3.8, 4) is 5.75 Å². The van der Waals surface area contributed by atoms with Crippen LogP contribution in [0.1, 0.15) is 31.9 Å². The van der Waals surface area contributed by atoms with Gasteiger partial charge in [0.2, 0.25) is 5.91 Å². The maximum atomic E-state index is 13.8. The maximum absolute atomic E-state index is 13.8. The number of nitrogens with one attached hydrogen (secondary N) is 2. The number of ether oxygens (including phenoxy) is 1. The molecule has 0 aliphatic carbocycles. The Bertz CT molecular complexity index is 424. The van der Waals surface area contributed by atoms with Gasteiger partial charge in [0.15, 0.2) is 0 Å². The molecule has 1 rings (SSSR count). The molecule has 1 amide bonds. The molecule has 1 atom stereocenters.